The Balaban J connectivity index is 2.55. The summed E-state index contributed by atoms with van der Waals surface area (Å²) in [5, 5.41) is 10.4. The summed E-state index contributed by atoms with van der Waals surface area (Å²) in [6.07, 6.45) is 2.16. The molecule has 0 N–H and O–H groups in total. The van der Waals surface area contributed by atoms with Gasteiger partial charge in [0, 0.05) is 5.02 Å². The zero-order valence-corrected chi connectivity index (χ0v) is 11.8. The van der Waals surface area contributed by atoms with E-state index in [1.54, 1.807) is 13.2 Å². The van der Waals surface area contributed by atoms with Gasteiger partial charge in [-0.2, -0.15) is 5.26 Å². The molecule has 0 radical (unpaired) electrons. The Morgan fingerprint density at radius 2 is 1.94 bits per heavy atom. The first-order valence-electron chi connectivity index (χ1n) is 6.31. The van der Waals surface area contributed by atoms with E-state index >= 15 is 0 Å². The Morgan fingerprint density at radius 1 is 1.33 bits per heavy atom. The second-order valence-electron chi connectivity index (χ2n) is 5.21. The summed E-state index contributed by atoms with van der Waals surface area (Å²) in [6.45, 7) is 4.29. The van der Waals surface area contributed by atoms with Crippen LogP contribution in [-0.4, -0.2) is 7.11 Å². The number of nitriles is 1. The third-order valence-electron chi connectivity index (χ3n) is 4.39. The van der Waals surface area contributed by atoms with Gasteiger partial charge in [-0.3, -0.25) is 0 Å². The Bertz CT molecular complexity index is 482. The topological polar surface area (TPSA) is 33.0 Å². The number of benzene rings is 1. The highest BCUT2D eigenvalue weighted by atomic mass is 35.5. The molecule has 18 heavy (non-hydrogen) atoms. The highest BCUT2D eigenvalue weighted by Crippen LogP contribution is 2.51. The first kappa shape index (κ1) is 13.2. The van der Waals surface area contributed by atoms with Crippen molar-refractivity contribution in [2.45, 2.75) is 32.1 Å². The van der Waals surface area contributed by atoms with Gasteiger partial charge in [-0.1, -0.05) is 31.5 Å². The van der Waals surface area contributed by atoms with Gasteiger partial charge in [0.2, 0.25) is 0 Å². The van der Waals surface area contributed by atoms with Crippen LogP contribution in [0.4, 0.5) is 0 Å². The molecule has 2 rings (SSSR count). The van der Waals surface area contributed by atoms with E-state index in [-0.39, 0.29) is 0 Å². The lowest BCUT2D eigenvalue weighted by Crippen LogP contribution is -2.33. The summed E-state index contributed by atoms with van der Waals surface area (Å²) < 4.78 is 5.17. The van der Waals surface area contributed by atoms with Gasteiger partial charge in [0.25, 0.3) is 0 Å². The Morgan fingerprint density at radius 3 is 2.39 bits per heavy atom. The molecule has 0 bridgehead atoms. The summed E-state index contributed by atoms with van der Waals surface area (Å²) in [7, 11) is 1.62. The number of nitrogens with zero attached hydrogens (tertiary/aromatic N) is 1. The predicted octanol–water partition coefficient (Wildman–Crippen LogP) is 4.18. The molecule has 0 aromatic heterocycles. The van der Waals surface area contributed by atoms with Crippen LogP contribution in [0.5, 0.6) is 5.75 Å². The van der Waals surface area contributed by atoms with Crippen LogP contribution >= 0.6 is 11.6 Å². The van der Waals surface area contributed by atoms with Crippen molar-refractivity contribution in [3.8, 4) is 11.8 Å². The molecular weight excluding hydrogens is 246 g/mol. The van der Waals surface area contributed by atoms with Crippen molar-refractivity contribution in [2.24, 2.45) is 11.8 Å². The van der Waals surface area contributed by atoms with E-state index in [9.17, 15) is 5.26 Å². The molecule has 0 unspecified atom stereocenters. The van der Waals surface area contributed by atoms with E-state index in [1.807, 2.05) is 12.1 Å². The minimum Gasteiger partial charge on any atom is -0.497 e. The molecule has 96 valence electrons. The highest BCUT2D eigenvalue weighted by molar-refractivity contribution is 6.31. The van der Waals surface area contributed by atoms with Crippen molar-refractivity contribution in [3.05, 3.63) is 28.8 Å². The van der Waals surface area contributed by atoms with Crippen LogP contribution < -0.4 is 4.74 Å². The number of hydrogen-bond acceptors (Lipinski definition) is 2. The third kappa shape index (κ3) is 1.78. The monoisotopic (exact) mass is 263 g/mol. The van der Waals surface area contributed by atoms with Crippen LogP contribution in [0, 0.1) is 23.2 Å². The molecule has 3 heteroatoms. The van der Waals surface area contributed by atoms with Crippen LogP contribution in [0.15, 0.2) is 18.2 Å². The SMILES string of the molecule is COc1ccc(C2(C#N)[C@H](C)CC[C@H]2C)c(Cl)c1. The third-order valence-corrected chi connectivity index (χ3v) is 4.71. The normalized spacial score (nSPS) is 25.7. The smallest absolute Gasteiger partial charge is 0.120 e. The lowest BCUT2D eigenvalue weighted by atomic mass is 9.69. The van der Waals surface area contributed by atoms with Crippen molar-refractivity contribution < 1.29 is 4.74 Å². The standard InChI is InChI=1S/C15H18ClNO/c1-10-4-5-11(2)15(10,9-17)13-7-6-12(18-3)8-14(13)16/h6-8,10-11H,4-5H2,1-3H3/t10-,11-/m1/s1. The maximum atomic E-state index is 9.72. The second kappa shape index (κ2) is 4.82. The molecule has 1 fully saturated rings. The van der Waals surface area contributed by atoms with Gasteiger partial charge in [0.15, 0.2) is 0 Å². The van der Waals surface area contributed by atoms with Gasteiger partial charge in [-0.05, 0) is 42.4 Å². The van der Waals surface area contributed by atoms with Crippen LogP contribution in [0.3, 0.4) is 0 Å². The first-order chi connectivity index (χ1) is 8.56. The molecule has 0 amide bonds. The Hall–Kier alpha value is -1.20. The molecule has 2 atom stereocenters. The van der Waals surface area contributed by atoms with Crippen LogP contribution in [-0.2, 0) is 5.41 Å². The fourth-order valence-electron chi connectivity index (χ4n) is 3.21. The molecule has 0 aliphatic heterocycles. The second-order valence-corrected chi connectivity index (χ2v) is 5.61. The molecule has 0 heterocycles. The quantitative estimate of drug-likeness (QED) is 0.802. The predicted molar refractivity (Wildman–Crippen MR) is 72.9 cm³/mol. The van der Waals surface area contributed by atoms with Crippen molar-refractivity contribution in [2.75, 3.05) is 7.11 Å². The molecule has 1 saturated carbocycles. The van der Waals surface area contributed by atoms with Gasteiger partial charge in [-0.25, -0.2) is 0 Å². The zero-order valence-electron chi connectivity index (χ0n) is 11.0. The van der Waals surface area contributed by atoms with Gasteiger partial charge < -0.3 is 4.74 Å². The highest BCUT2D eigenvalue weighted by Gasteiger charge is 2.48. The maximum Gasteiger partial charge on any atom is 0.120 e. The van der Waals surface area contributed by atoms with E-state index in [1.165, 1.54) is 0 Å². The summed E-state index contributed by atoms with van der Waals surface area (Å²) >= 11 is 6.36. The molecule has 0 spiro atoms. The first-order valence-corrected chi connectivity index (χ1v) is 6.69. The van der Waals surface area contributed by atoms with Crippen LogP contribution in [0.2, 0.25) is 5.02 Å². The van der Waals surface area contributed by atoms with E-state index < -0.39 is 5.41 Å². The molecule has 1 aromatic carbocycles. The fourth-order valence-corrected chi connectivity index (χ4v) is 3.54. The summed E-state index contributed by atoms with van der Waals surface area (Å²) in [4.78, 5) is 0. The molecular formula is C15H18ClNO. The van der Waals surface area contributed by atoms with Gasteiger partial charge in [-0.15, -0.1) is 0 Å². The van der Waals surface area contributed by atoms with Crippen molar-refractivity contribution in [1.29, 1.82) is 5.26 Å². The van der Waals surface area contributed by atoms with E-state index in [4.69, 9.17) is 16.3 Å². The number of rotatable bonds is 2. The van der Waals surface area contributed by atoms with E-state index in [0.717, 1.165) is 24.2 Å². The van der Waals surface area contributed by atoms with Crippen LogP contribution in [0.1, 0.15) is 32.3 Å². The number of hydrogen-bond donors (Lipinski definition) is 0. The molecule has 1 aliphatic carbocycles. The summed E-state index contributed by atoms with van der Waals surface area (Å²) in [5.41, 5.74) is 0.494. The average molecular weight is 264 g/mol. The van der Waals surface area contributed by atoms with Gasteiger partial charge >= 0.3 is 0 Å². The number of methoxy groups -OCH3 is 1. The Labute approximate surface area is 114 Å². The summed E-state index contributed by atoms with van der Waals surface area (Å²) in [5.74, 6) is 1.40. The molecule has 1 aliphatic rings. The molecule has 2 nitrogen and oxygen atoms in total. The van der Waals surface area contributed by atoms with Gasteiger partial charge in [0.1, 0.15) is 5.75 Å². The van der Waals surface area contributed by atoms with E-state index in [0.29, 0.717) is 16.9 Å². The van der Waals surface area contributed by atoms with Crippen molar-refractivity contribution in [3.63, 3.8) is 0 Å². The largest absolute Gasteiger partial charge is 0.497 e. The Kier molecular flexibility index (Phi) is 3.54. The fraction of sp³-hybridized carbons (Fsp3) is 0.533. The summed E-state index contributed by atoms with van der Waals surface area (Å²) in [6, 6.07) is 8.18. The number of ether oxygens (including phenoxy) is 1. The zero-order chi connectivity index (χ0) is 13.3. The molecule has 0 saturated heterocycles. The minimum absolute atomic E-state index is 0.336. The van der Waals surface area contributed by atoms with Crippen molar-refractivity contribution >= 4 is 11.6 Å². The van der Waals surface area contributed by atoms with Crippen LogP contribution in [0.25, 0.3) is 0 Å². The minimum atomic E-state index is -0.455. The maximum absolute atomic E-state index is 9.72. The van der Waals surface area contributed by atoms with Crippen molar-refractivity contribution in [1.82, 2.24) is 0 Å². The lowest BCUT2D eigenvalue weighted by Gasteiger charge is -2.32. The molecule has 1 aromatic rings. The number of halogens is 1. The van der Waals surface area contributed by atoms with Gasteiger partial charge in [0.05, 0.1) is 18.6 Å². The lowest BCUT2D eigenvalue weighted by molar-refractivity contribution is 0.354. The van der Waals surface area contributed by atoms with E-state index in [2.05, 4.69) is 19.9 Å². The average Bonchev–Trinajstić information content (AvgIpc) is 2.66.